The summed E-state index contributed by atoms with van der Waals surface area (Å²) in [4.78, 5) is 9.44. The van der Waals surface area contributed by atoms with E-state index in [0.29, 0.717) is 0 Å². The van der Waals surface area contributed by atoms with Crippen molar-refractivity contribution < 1.29 is 32.1 Å². The summed E-state index contributed by atoms with van der Waals surface area (Å²) < 4.78 is 0. The van der Waals surface area contributed by atoms with E-state index < -0.39 is 5.97 Å². The van der Waals surface area contributed by atoms with Gasteiger partial charge in [0.25, 0.3) is 0 Å². The molecule has 0 saturated heterocycles. The van der Waals surface area contributed by atoms with Gasteiger partial charge in [-0.25, -0.2) is 0 Å². The summed E-state index contributed by atoms with van der Waals surface area (Å²) in [6.45, 7) is -0.269. The van der Waals surface area contributed by atoms with Crippen LogP contribution in [0.1, 0.15) is 6.42 Å². The Morgan fingerprint density at radius 1 is 1.57 bits per heavy atom. The van der Waals surface area contributed by atoms with Crippen molar-refractivity contribution in [3.63, 3.8) is 0 Å². The van der Waals surface area contributed by atoms with E-state index in [2.05, 4.69) is 0 Å². The third-order valence-electron chi connectivity index (χ3n) is 0.326. The fourth-order valence-electron chi connectivity index (χ4n) is 0.0956. The Kier molecular flexibility index (Phi) is 8.53. The minimum absolute atomic E-state index is 0. The molecule has 0 unspecified atom stereocenters. The monoisotopic (exact) mass is 146 g/mol. The molecule has 0 fully saturated rings. The van der Waals surface area contributed by atoms with Crippen LogP contribution in [0.3, 0.4) is 0 Å². The molecule has 0 atom stereocenters. The van der Waals surface area contributed by atoms with Crippen molar-refractivity contribution in [2.45, 2.75) is 6.42 Å². The van der Waals surface area contributed by atoms with Gasteiger partial charge in [0.2, 0.25) is 0 Å². The molecule has 0 aliphatic heterocycles. The molecule has 0 aromatic heterocycles. The van der Waals surface area contributed by atoms with Crippen molar-refractivity contribution in [1.29, 1.82) is 0 Å². The Morgan fingerprint density at radius 2 is 2.00 bits per heavy atom. The summed E-state index contributed by atoms with van der Waals surface area (Å²) in [7, 11) is 0. The summed E-state index contributed by atoms with van der Waals surface area (Å²) in [5.74, 6) is -0.961. The zero-order valence-corrected chi connectivity index (χ0v) is 4.67. The zero-order chi connectivity index (χ0) is 4.99. The van der Waals surface area contributed by atoms with E-state index in [1.165, 1.54) is 0 Å². The Morgan fingerprint density at radius 3 is 2.00 bits per heavy atom. The fourth-order valence-corrected chi connectivity index (χ4v) is 0.0956. The smallest absolute Gasteiger partial charge is 0.305 e. The van der Waals surface area contributed by atoms with E-state index in [4.69, 9.17) is 10.2 Å². The molecule has 3 nitrogen and oxygen atoms in total. The Labute approximate surface area is 51.8 Å². The van der Waals surface area contributed by atoms with Gasteiger partial charge in [0, 0.05) is 17.1 Å². The minimum atomic E-state index is -0.961. The van der Waals surface area contributed by atoms with E-state index in [9.17, 15) is 4.79 Å². The second kappa shape index (κ2) is 5.95. The number of hydrogen-bond acceptors (Lipinski definition) is 2. The molecule has 0 amide bonds. The first kappa shape index (κ1) is 10.0. The minimum Gasteiger partial charge on any atom is -0.481 e. The van der Waals surface area contributed by atoms with Gasteiger partial charge in [-0.05, 0) is 0 Å². The fraction of sp³-hybridized carbons (Fsp3) is 0.667. The van der Waals surface area contributed by atoms with Crippen LogP contribution in [0.2, 0.25) is 0 Å². The number of rotatable bonds is 2. The van der Waals surface area contributed by atoms with Crippen LogP contribution in [0.15, 0.2) is 0 Å². The average molecular weight is 146 g/mol. The Bertz CT molecular complexity index is 54.1. The third kappa shape index (κ3) is 10.7. The first-order chi connectivity index (χ1) is 2.77. The molecule has 0 aliphatic rings. The molecular formula is C3H6FeO3. The number of carbonyl (C=O) groups is 1. The van der Waals surface area contributed by atoms with Gasteiger partial charge < -0.3 is 10.2 Å². The Hall–Kier alpha value is -0.0505. The number of hydrogen-bond donors (Lipinski definition) is 2. The van der Waals surface area contributed by atoms with Crippen LogP contribution in [-0.4, -0.2) is 22.8 Å². The van der Waals surface area contributed by atoms with E-state index in [-0.39, 0.29) is 30.1 Å². The molecule has 0 radical (unpaired) electrons. The topological polar surface area (TPSA) is 57.5 Å². The van der Waals surface area contributed by atoms with Crippen LogP contribution < -0.4 is 0 Å². The van der Waals surface area contributed by atoms with Crippen molar-refractivity contribution in [2.24, 2.45) is 0 Å². The van der Waals surface area contributed by atoms with Gasteiger partial charge in [0.05, 0.1) is 13.0 Å². The number of aliphatic hydroxyl groups is 1. The second-order valence-electron chi connectivity index (χ2n) is 0.867. The molecule has 0 aliphatic carbocycles. The van der Waals surface area contributed by atoms with Crippen molar-refractivity contribution >= 4 is 5.97 Å². The largest absolute Gasteiger partial charge is 0.481 e. The quantitative estimate of drug-likeness (QED) is 0.514. The molecule has 4 heteroatoms. The average Bonchev–Trinajstić information content (AvgIpc) is 1.35. The number of aliphatic hydroxyl groups excluding tert-OH is 1. The van der Waals surface area contributed by atoms with Gasteiger partial charge in [-0.2, -0.15) is 0 Å². The van der Waals surface area contributed by atoms with Gasteiger partial charge in [-0.15, -0.1) is 0 Å². The molecule has 7 heavy (non-hydrogen) atoms. The van der Waals surface area contributed by atoms with Crippen LogP contribution in [0.4, 0.5) is 0 Å². The summed E-state index contributed by atoms with van der Waals surface area (Å²) in [6, 6.07) is 0. The molecule has 2 N–H and O–H groups in total. The van der Waals surface area contributed by atoms with Crippen molar-refractivity contribution in [3.8, 4) is 0 Å². The standard InChI is InChI=1S/C3H6O3.Fe/c4-2-1-3(5)6;/h4H,1-2H2,(H,5,6);. The van der Waals surface area contributed by atoms with Crippen molar-refractivity contribution in [2.75, 3.05) is 6.61 Å². The molecule has 0 bridgehead atoms. The predicted molar refractivity (Wildman–Crippen MR) is 19.3 cm³/mol. The SMILES string of the molecule is O=C(O)CCO.[Fe]. The van der Waals surface area contributed by atoms with E-state index in [1.54, 1.807) is 0 Å². The van der Waals surface area contributed by atoms with Crippen LogP contribution in [0, 0.1) is 0 Å². The van der Waals surface area contributed by atoms with Crippen molar-refractivity contribution in [3.05, 3.63) is 0 Å². The molecule has 0 rings (SSSR count). The first-order valence-corrected chi connectivity index (χ1v) is 1.60. The third-order valence-corrected chi connectivity index (χ3v) is 0.326. The summed E-state index contributed by atoms with van der Waals surface area (Å²) in [5, 5.41) is 15.6. The van der Waals surface area contributed by atoms with Crippen LogP contribution in [0.5, 0.6) is 0 Å². The number of aliphatic carboxylic acids is 1. The predicted octanol–water partition coefficient (Wildman–Crippen LogP) is -0.549. The van der Waals surface area contributed by atoms with Gasteiger partial charge in [0.15, 0.2) is 0 Å². The summed E-state index contributed by atoms with van der Waals surface area (Å²) in [5.41, 5.74) is 0. The molecular weight excluding hydrogens is 140 g/mol. The molecule has 0 aromatic carbocycles. The van der Waals surface area contributed by atoms with Gasteiger partial charge in [0.1, 0.15) is 0 Å². The molecule has 0 saturated carbocycles. The summed E-state index contributed by atoms with van der Waals surface area (Å²) in [6.07, 6.45) is -0.153. The van der Waals surface area contributed by atoms with Gasteiger partial charge in [-0.3, -0.25) is 4.79 Å². The maximum atomic E-state index is 9.44. The molecule has 44 valence electrons. The number of carboxylic acids is 1. The molecule has 0 heterocycles. The summed E-state index contributed by atoms with van der Waals surface area (Å²) >= 11 is 0. The van der Waals surface area contributed by atoms with Gasteiger partial charge in [-0.1, -0.05) is 0 Å². The Balaban J connectivity index is 0. The van der Waals surface area contributed by atoms with Crippen LogP contribution in [0.25, 0.3) is 0 Å². The van der Waals surface area contributed by atoms with E-state index >= 15 is 0 Å². The molecule has 0 aromatic rings. The number of carboxylic acid groups (broad SMARTS) is 1. The maximum absolute atomic E-state index is 9.44. The van der Waals surface area contributed by atoms with E-state index in [1.807, 2.05) is 0 Å². The first-order valence-electron chi connectivity index (χ1n) is 1.60. The van der Waals surface area contributed by atoms with Crippen LogP contribution in [-0.2, 0) is 21.9 Å². The van der Waals surface area contributed by atoms with E-state index in [0.717, 1.165) is 0 Å². The zero-order valence-electron chi connectivity index (χ0n) is 3.57. The van der Waals surface area contributed by atoms with Gasteiger partial charge >= 0.3 is 5.97 Å². The normalized spacial score (nSPS) is 7.00. The maximum Gasteiger partial charge on any atom is 0.305 e. The van der Waals surface area contributed by atoms with Crippen molar-refractivity contribution in [1.82, 2.24) is 0 Å². The second-order valence-corrected chi connectivity index (χ2v) is 0.867. The van der Waals surface area contributed by atoms with Crippen LogP contribution >= 0.6 is 0 Å². The molecule has 0 spiro atoms.